The monoisotopic (exact) mass is 461 g/mol. The standard InChI is InChI=1S/C26H27N3O5/c30-26-25(34-23-10-9-19-5-1-2-6-20(19)18-23)24(21-7-3-8-22(17-21)29(31)32)28(26)12-4-11-27-13-15-33-16-14-27/h1-3,5-10,17-18,24-25H,4,11-16H2/t24-,25+/m0/s1. The Balaban J connectivity index is 1.35. The highest BCUT2D eigenvalue weighted by Gasteiger charge is 2.50. The summed E-state index contributed by atoms with van der Waals surface area (Å²) in [5.41, 5.74) is 0.723. The number of likely N-dealkylation sites (tertiary alicyclic amines) is 1. The molecule has 2 aliphatic rings. The summed E-state index contributed by atoms with van der Waals surface area (Å²) in [6, 6.07) is 19.8. The van der Waals surface area contributed by atoms with E-state index in [-0.39, 0.29) is 17.6 Å². The first-order valence-corrected chi connectivity index (χ1v) is 11.6. The van der Waals surface area contributed by atoms with E-state index < -0.39 is 11.0 Å². The van der Waals surface area contributed by atoms with E-state index in [9.17, 15) is 14.9 Å². The third kappa shape index (κ3) is 4.60. The number of β-lactam (4-membered cyclic amide) rings is 1. The third-order valence-electron chi connectivity index (χ3n) is 6.53. The van der Waals surface area contributed by atoms with E-state index in [1.807, 2.05) is 48.5 Å². The molecule has 0 aromatic heterocycles. The van der Waals surface area contributed by atoms with Crippen molar-refractivity contribution >= 4 is 22.4 Å². The Bertz CT molecular complexity index is 1190. The van der Waals surface area contributed by atoms with Crippen molar-refractivity contribution in [3.05, 3.63) is 82.4 Å². The van der Waals surface area contributed by atoms with Crippen molar-refractivity contribution in [2.24, 2.45) is 0 Å². The molecule has 0 radical (unpaired) electrons. The molecule has 0 unspecified atom stereocenters. The number of nitrogens with zero attached hydrogens (tertiary/aromatic N) is 3. The first-order chi connectivity index (χ1) is 16.6. The first kappa shape index (κ1) is 22.3. The van der Waals surface area contributed by atoms with E-state index in [1.165, 1.54) is 6.07 Å². The maximum Gasteiger partial charge on any atom is 0.269 e. The van der Waals surface area contributed by atoms with Crippen LogP contribution in [-0.4, -0.2) is 66.1 Å². The van der Waals surface area contributed by atoms with E-state index in [0.717, 1.165) is 50.0 Å². The van der Waals surface area contributed by atoms with Gasteiger partial charge in [0.1, 0.15) is 11.8 Å². The number of hydrogen-bond acceptors (Lipinski definition) is 6. The average Bonchev–Trinajstić information content (AvgIpc) is 2.87. The first-order valence-electron chi connectivity index (χ1n) is 11.6. The second-order valence-corrected chi connectivity index (χ2v) is 8.68. The Labute approximate surface area is 197 Å². The van der Waals surface area contributed by atoms with Crippen molar-refractivity contribution in [1.82, 2.24) is 9.80 Å². The average molecular weight is 462 g/mol. The Morgan fingerprint density at radius 1 is 0.971 bits per heavy atom. The predicted molar refractivity (Wildman–Crippen MR) is 128 cm³/mol. The summed E-state index contributed by atoms with van der Waals surface area (Å²) in [4.78, 5) is 28.2. The second kappa shape index (κ2) is 9.79. The summed E-state index contributed by atoms with van der Waals surface area (Å²) < 4.78 is 11.6. The van der Waals surface area contributed by atoms with Crippen LogP contribution in [0, 0.1) is 10.1 Å². The molecule has 0 aliphatic carbocycles. The summed E-state index contributed by atoms with van der Waals surface area (Å²) in [6.45, 7) is 4.72. The molecule has 0 spiro atoms. The lowest BCUT2D eigenvalue weighted by molar-refractivity contribution is -0.385. The minimum Gasteiger partial charge on any atom is -0.478 e. The molecular weight excluding hydrogens is 434 g/mol. The van der Waals surface area contributed by atoms with E-state index in [1.54, 1.807) is 17.0 Å². The quantitative estimate of drug-likeness (QED) is 0.288. The highest BCUT2D eigenvalue weighted by molar-refractivity contribution is 5.90. The van der Waals surface area contributed by atoms with E-state index >= 15 is 0 Å². The number of non-ortho nitro benzene ring substituents is 1. The molecule has 2 aliphatic heterocycles. The molecule has 0 N–H and O–H groups in total. The van der Waals surface area contributed by atoms with Crippen molar-refractivity contribution in [1.29, 1.82) is 0 Å². The van der Waals surface area contributed by atoms with Crippen LogP contribution in [0.15, 0.2) is 66.7 Å². The largest absolute Gasteiger partial charge is 0.478 e. The predicted octanol–water partition coefficient (Wildman–Crippen LogP) is 3.80. The maximum absolute atomic E-state index is 13.1. The number of carbonyl (C=O) groups excluding carboxylic acids is 1. The Hall–Kier alpha value is -3.49. The zero-order chi connectivity index (χ0) is 23.5. The van der Waals surface area contributed by atoms with Gasteiger partial charge < -0.3 is 14.4 Å². The molecule has 1 amide bonds. The SMILES string of the molecule is O=C1[C@H](Oc2ccc3ccccc3c2)[C@H](c2cccc([N+](=O)[O-])c2)N1CCCN1CCOCC1. The fourth-order valence-electron chi connectivity index (χ4n) is 4.73. The normalized spacial score (nSPS) is 20.8. The number of ether oxygens (including phenoxy) is 2. The Morgan fingerprint density at radius 3 is 2.56 bits per heavy atom. The highest BCUT2D eigenvalue weighted by Crippen LogP contribution is 2.39. The van der Waals surface area contributed by atoms with Crippen LogP contribution in [0.1, 0.15) is 18.0 Å². The van der Waals surface area contributed by atoms with Crippen LogP contribution in [0.2, 0.25) is 0 Å². The third-order valence-corrected chi connectivity index (χ3v) is 6.53. The lowest BCUT2D eigenvalue weighted by Crippen LogP contribution is -2.61. The fourth-order valence-corrected chi connectivity index (χ4v) is 4.73. The van der Waals surface area contributed by atoms with Gasteiger partial charge in [-0.25, -0.2) is 0 Å². The smallest absolute Gasteiger partial charge is 0.269 e. The number of morpholine rings is 1. The van der Waals surface area contributed by atoms with Gasteiger partial charge in [-0.3, -0.25) is 19.8 Å². The number of fused-ring (bicyclic) bond motifs is 1. The van der Waals surface area contributed by atoms with Gasteiger partial charge in [0.2, 0.25) is 6.10 Å². The van der Waals surface area contributed by atoms with Crippen LogP contribution >= 0.6 is 0 Å². The van der Waals surface area contributed by atoms with Gasteiger partial charge in [0.25, 0.3) is 11.6 Å². The van der Waals surface area contributed by atoms with Crippen LogP contribution in [0.5, 0.6) is 5.75 Å². The highest BCUT2D eigenvalue weighted by atomic mass is 16.6. The molecule has 3 aromatic rings. The Morgan fingerprint density at radius 2 is 1.76 bits per heavy atom. The molecule has 34 heavy (non-hydrogen) atoms. The van der Waals surface area contributed by atoms with Gasteiger partial charge in [-0.2, -0.15) is 0 Å². The lowest BCUT2D eigenvalue weighted by atomic mass is 9.90. The lowest BCUT2D eigenvalue weighted by Gasteiger charge is -2.47. The molecule has 0 saturated carbocycles. The molecule has 2 atom stereocenters. The van der Waals surface area contributed by atoms with Crippen molar-refractivity contribution < 1.29 is 19.2 Å². The number of hydrogen-bond donors (Lipinski definition) is 0. The molecule has 2 fully saturated rings. The minimum atomic E-state index is -0.716. The van der Waals surface area contributed by atoms with Crippen molar-refractivity contribution in [2.45, 2.75) is 18.6 Å². The summed E-state index contributed by atoms with van der Waals surface area (Å²) in [5.74, 6) is 0.520. The summed E-state index contributed by atoms with van der Waals surface area (Å²) >= 11 is 0. The van der Waals surface area contributed by atoms with E-state index in [4.69, 9.17) is 9.47 Å². The van der Waals surface area contributed by atoms with Crippen LogP contribution in [0.25, 0.3) is 10.8 Å². The van der Waals surface area contributed by atoms with Gasteiger partial charge in [0, 0.05) is 38.3 Å². The summed E-state index contributed by atoms with van der Waals surface area (Å²) in [7, 11) is 0. The van der Waals surface area contributed by atoms with E-state index in [0.29, 0.717) is 17.9 Å². The number of nitro groups is 1. The minimum absolute atomic E-state index is 0.00886. The molecule has 0 bridgehead atoms. The van der Waals surface area contributed by atoms with Crippen molar-refractivity contribution in [3.8, 4) is 5.75 Å². The molecule has 176 valence electrons. The molecular formula is C26H27N3O5. The van der Waals surface area contributed by atoms with Crippen LogP contribution in [-0.2, 0) is 9.53 Å². The van der Waals surface area contributed by atoms with Gasteiger partial charge in [-0.1, -0.05) is 42.5 Å². The molecule has 2 saturated heterocycles. The second-order valence-electron chi connectivity index (χ2n) is 8.68. The van der Waals surface area contributed by atoms with Crippen molar-refractivity contribution in [2.75, 3.05) is 39.4 Å². The molecule has 8 nitrogen and oxygen atoms in total. The van der Waals surface area contributed by atoms with Crippen molar-refractivity contribution in [3.63, 3.8) is 0 Å². The van der Waals surface area contributed by atoms with Crippen LogP contribution in [0.3, 0.4) is 0 Å². The summed E-state index contributed by atoms with van der Waals surface area (Å²) in [6.07, 6.45) is 0.103. The molecule has 3 aromatic carbocycles. The van der Waals surface area contributed by atoms with Gasteiger partial charge in [-0.15, -0.1) is 0 Å². The number of nitro benzene ring substituents is 1. The number of rotatable bonds is 8. The van der Waals surface area contributed by atoms with Crippen LogP contribution < -0.4 is 4.74 Å². The van der Waals surface area contributed by atoms with E-state index in [2.05, 4.69) is 4.90 Å². The van der Waals surface area contributed by atoms with Gasteiger partial charge in [0.05, 0.1) is 18.1 Å². The summed E-state index contributed by atoms with van der Waals surface area (Å²) in [5, 5.41) is 13.5. The molecule has 5 rings (SSSR count). The molecule has 2 heterocycles. The number of amides is 1. The van der Waals surface area contributed by atoms with Gasteiger partial charge >= 0.3 is 0 Å². The molecule has 8 heteroatoms. The topological polar surface area (TPSA) is 85.1 Å². The van der Waals surface area contributed by atoms with Gasteiger partial charge in [-0.05, 0) is 34.9 Å². The maximum atomic E-state index is 13.1. The zero-order valence-electron chi connectivity index (χ0n) is 18.8. The number of carbonyl (C=O) groups is 1. The zero-order valence-corrected chi connectivity index (χ0v) is 18.8. The Kier molecular flexibility index (Phi) is 6.42. The van der Waals surface area contributed by atoms with Gasteiger partial charge in [0.15, 0.2) is 0 Å². The fraction of sp³-hybridized carbons (Fsp3) is 0.346. The number of benzene rings is 3. The van der Waals surface area contributed by atoms with Crippen LogP contribution in [0.4, 0.5) is 5.69 Å².